The van der Waals surface area contributed by atoms with Crippen LogP contribution in [0.5, 0.6) is 0 Å². The van der Waals surface area contributed by atoms with E-state index in [0.717, 1.165) is 0 Å². The minimum absolute atomic E-state index is 0. The molecule has 0 rings (SSSR count). The topological polar surface area (TPSA) is 81.8 Å². The van der Waals surface area contributed by atoms with Gasteiger partial charge in [0.1, 0.15) is 0 Å². The molecular formula is CoN2O4. The number of nitrogens with zero attached hydrogens (tertiary/aromatic N) is 2. The van der Waals surface area contributed by atoms with Crippen LogP contribution in [0.3, 0.4) is 0 Å². The van der Waals surface area contributed by atoms with E-state index >= 15 is 0 Å². The molecule has 0 saturated heterocycles. The molecule has 0 spiro atoms. The predicted octanol–water partition coefficient (Wildman–Crippen LogP) is -0.126. The van der Waals surface area contributed by atoms with E-state index in [1.807, 2.05) is 0 Å². The third-order valence-corrected chi connectivity index (χ3v) is 0.100. The van der Waals surface area contributed by atoms with E-state index in [-0.39, 0.29) is 16.8 Å². The normalized spacial score (nSPS) is 5.71. The van der Waals surface area contributed by atoms with Gasteiger partial charge in [0.2, 0.25) is 0 Å². The molecule has 0 amide bonds. The van der Waals surface area contributed by atoms with Gasteiger partial charge in [-0.3, -0.25) is 0 Å². The van der Waals surface area contributed by atoms with Crippen LogP contribution in [0.2, 0.25) is 0 Å². The molecule has 0 aliphatic rings. The molecule has 43 valence electrons. The monoisotopic (exact) mass is 151 g/mol. The summed E-state index contributed by atoms with van der Waals surface area (Å²) in [6.45, 7) is 0. The van der Waals surface area contributed by atoms with Crippen LogP contribution in [0.25, 0.3) is 0 Å². The Morgan fingerprint density at radius 2 is 2.14 bits per heavy atom. The Kier molecular flexibility index (Phi) is 7.26. The van der Waals surface area contributed by atoms with Crippen molar-refractivity contribution in [1.29, 1.82) is 0 Å². The van der Waals surface area contributed by atoms with E-state index < -0.39 is 5.09 Å². The van der Waals surface area contributed by atoms with Crippen LogP contribution < -0.4 is 0 Å². The summed E-state index contributed by atoms with van der Waals surface area (Å²) in [6.07, 6.45) is 0. The van der Waals surface area contributed by atoms with Gasteiger partial charge in [-0.2, -0.15) is 0 Å². The van der Waals surface area contributed by atoms with Gasteiger partial charge in [0, 0.05) is 21.7 Å². The van der Waals surface area contributed by atoms with Crippen LogP contribution in [0.4, 0.5) is 0 Å². The zero-order valence-electron chi connectivity index (χ0n) is 2.86. The third-order valence-electron chi connectivity index (χ3n) is 0.100. The van der Waals surface area contributed by atoms with Gasteiger partial charge in [-0.1, -0.05) is 0 Å². The Bertz CT molecular complexity index is 70.1. The van der Waals surface area contributed by atoms with Gasteiger partial charge in [0.05, 0.1) is 0 Å². The summed E-state index contributed by atoms with van der Waals surface area (Å²) in [7, 11) is 0. The minimum Gasteiger partial charge on any atom is -0.218 e. The zero-order chi connectivity index (χ0) is 4.99. The number of rotatable bonds is 2. The van der Waals surface area contributed by atoms with E-state index in [0.29, 0.717) is 0 Å². The van der Waals surface area contributed by atoms with Gasteiger partial charge in [-0.15, -0.1) is 4.94 Å². The summed E-state index contributed by atoms with van der Waals surface area (Å²) in [4.78, 5) is 20.4. The van der Waals surface area contributed by atoms with Crippen molar-refractivity contribution in [2.45, 2.75) is 0 Å². The smallest absolute Gasteiger partial charge is 0.218 e. The van der Waals surface area contributed by atoms with Crippen LogP contribution >= 0.6 is 0 Å². The average molecular weight is 151 g/mol. The number of hydrogen-bond acceptors (Lipinski definition) is 5. The van der Waals surface area contributed by atoms with Crippen LogP contribution in [-0.4, -0.2) is 5.09 Å². The summed E-state index contributed by atoms with van der Waals surface area (Å²) in [6, 6.07) is 0. The van der Waals surface area contributed by atoms with Gasteiger partial charge in [0.25, 0.3) is 0 Å². The van der Waals surface area contributed by atoms with Gasteiger partial charge >= 0.3 is 5.34 Å². The van der Waals surface area contributed by atoms with Crippen molar-refractivity contribution in [3.05, 3.63) is 15.0 Å². The molecule has 0 bridgehead atoms. The maximum Gasteiger partial charge on any atom is 0.354 e. The second kappa shape index (κ2) is 5.31. The minimum atomic E-state index is -1.30. The van der Waals surface area contributed by atoms with E-state index in [9.17, 15) is 0 Å². The molecule has 0 N–H and O–H groups in total. The van der Waals surface area contributed by atoms with Gasteiger partial charge in [-0.05, 0) is 0 Å². The quantitative estimate of drug-likeness (QED) is 0.312. The van der Waals surface area contributed by atoms with E-state index in [4.69, 9.17) is 15.0 Å². The van der Waals surface area contributed by atoms with Gasteiger partial charge in [-0.25, -0.2) is 10.1 Å². The maximum atomic E-state index is 8.89. The standard InChI is InChI=1S/Co.N2O4/c;3-1-6-2(4)5. The maximum absolute atomic E-state index is 8.89. The molecule has 7 heavy (non-hydrogen) atoms. The SMILES string of the molecule is O=NO[N+](=O)[O-].[Co]. The van der Waals surface area contributed by atoms with E-state index in [2.05, 4.69) is 4.94 Å². The summed E-state index contributed by atoms with van der Waals surface area (Å²) >= 11 is 0. The van der Waals surface area contributed by atoms with Crippen molar-refractivity contribution in [3.63, 3.8) is 0 Å². The van der Waals surface area contributed by atoms with Crippen LogP contribution in [0.1, 0.15) is 0 Å². The molecule has 0 heterocycles. The molecule has 7 heteroatoms. The molecule has 0 unspecified atom stereocenters. The summed E-state index contributed by atoms with van der Waals surface area (Å²) in [5, 5.41) is 9.08. The first-order valence-corrected chi connectivity index (χ1v) is 0.913. The van der Waals surface area contributed by atoms with Gasteiger partial charge in [0.15, 0.2) is 5.09 Å². The van der Waals surface area contributed by atoms with E-state index in [1.54, 1.807) is 0 Å². The molecule has 0 fully saturated rings. The fraction of sp³-hybridized carbons (Fsp3) is 0. The zero-order valence-corrected chi connectivity index (χ0v) is 3.90. The average Bonchev–Trinajstić information content (AvgIpc) is 1.35. The largest absolute Gasteiger partial charge is 0.354 e. The van der Waals surface area contributed by atoms with Crippen molar-refractivity contribution in [2.24, 2.45) is 5.34 Å². The Balaban J connectivity index is 0. The number of hydrogen-bond donors (Lipinski definition) is 0. The van der Waals surface area contributed by atoms with Crippen LogP contribution in [0.15, 0.2) is 5.34 Å². The van der Waals surface area contributed by atoms with Crippen molar-refractivity contribution in [2.75, 3.05) is 0 Å². The Labute approximate surface area is 48.1 Å². The predicted molar refractivity (Wildman–Crippen MR) is 13.9 cm³/mol. The van der Waals surface area contributed by atoms with Gasteiger partial charge < -0.3 is 0 Å². The molecule has 0 atom stereocenters. The molecule has 0 aliphatic heterocycles. The van der Waals surface area contributed by atoms with Crippen LogP contribution in [-0.2, 0) is 21.7 Å². The molecule has 0 saturated carbocycles. The Morgan fingerprint density at radius 3 is 2.14 bits per heavy atom. The molecule has 6 nitrogen and oxygen atoms in total. The first-order chi connectivity index (χ1) is 2.77. The Morgan fingerprint density at radius 1 is 1.71 bits per heavy atom. The third kappa shape index (κ3) is 10.9. The fourth-order valence-corrected chi connectivity index (χ4v) is 0.0272. The molecule has 0 aromatic heterocycles. The first kappa shape index (κ1) is 9.58. The fourth-order valence-electron chi connectivity index (χ4n) is 0.0272. The Hall–Kier alpha value is -0.694. The molecule has 1 radical (unpaired) electrons. The molecular weight excluding hydrogens is 151 g/mol. The molecule has 0 aromatic carbocycles. The summed E-state index contributed by atoms with van der Waals surface area (Å²) in [5.74, 6) is 0. The van der Waals surface area contributed by atoms with Crippen molar-refractivity contribution < 1.29 is 26.8 Å². The molecule has 0 aromatic rings. The van der Waals surface area contributed by atoms with Crippen molar-refractivity contribution in [3.8, 4) is 0 Å². The summed E-state index contributed by atoms with van der Waals surface area (Å²) < 4.78 is 0. The van der Waals surface area contributed by atoms with Crippen molar-refractivity contribution in [1.82, 2.24) is 0 Å². The second-order valence-electron chi connectivity index (χ2n) is 0.380. The molecule has 0 aliphatic carbocycles. The first-order valence-electron chi connectivity index (χ1n) is 0.913. The summed E-state index contributed by atoms with van der Waals surface area (Å²) in [5.41, 5.74) is 0. The van der Waals surface area contributed by atoms with Crippen LogP contribution in [0, 0.1) is 15.0 Å². The van der Waals surface area contributed by atoms with E-state index in [1.165, 1.54) is 5.34 Å². The van der Waals surface area contributed by atoms with Crippen molar-refractivity contribution >= 4 is 0 Å². The second-order valence-corrected chi connectivity index (χ2v) is 0.380.